The van der Waals surface area contributed by atoms with Gasteiger partial charge in [-0.3, -0.25) is 9.79 Å². The number of amidine groups is 1. The molecule has 1 aliphatic heterocycles. The molecule has 6 heteroatoms. The molecule has 1 heterocycles. The van der Waals surface area contributed by atoms with Crippen molar-refractivity contribution in [3.63, 3.8) is 0 Å². The number of hydrogen-bond donors (Lipinski definition) is 2. The predicted molar refractivity (Wildman–Crippen MR) is 95.9 cm³/mol. The van der Waals surface area contributed by atoms with Crippen LogP contribution in [0.2, 0.25) is 0 Å². The molecule has 3 N–H and O–H groups in total. The number of rotatable bonds is 6. The fourth-order valence-corrected chi connectivity index (χ4v) is 3.43. The van der Waals surface area contributed by atoms with Crippen LogP contribution in [-0.2, 0) is 10.3 Å². The Morgan fingerprint density at radius 3 is 3.00 bits per heavy atom. The van der Waals surface area contributed by atoms with Gasteiger partial charge < -0.3 is 15.8 Å². The Morgan fingerprint density at radius 1 is 1.52 bits per heavy atom. The van der Waals surface area contributed by atoms with Crippen LogP contribution in [0.3, 0.4) is 0 Å². The zero-order valence-electron chi connectivity index (χ0n) is 14.0. The van der Waals surface area contributed by atoms with Gasteiger partial charge >= 0.3 is 0 Å². The SMILES string of the molecule is CC(C)OCCNC(=O)c1cccc(C2(C)CCSC(N)=N2)c1. The molecule has 0 radical (unpaired) electrons. The summed E-state index contributed by atoms with van der Waals surface area (Å²) in [5, 5.41) is 3.49. The maximum atomic E-state index is 12.3. The maximum Gasteiger partial charge on any atom is 0.251 e. The number of carbonyl (C=O) groups is 1. The lowest BCUT2D eigenvalue weighted by atomic mass is 9.89. The summed E-state index contributed by atoms with van der Waals surface area (Å²) >= 11 is 1.58. The molecular formula is C17H25N3O2S. The molecule has 1 aromatic carbocycles. The zero-order chi connectivity index (χ0) is 16.9. The van der Waals surface area contributed by atoms with Crippen LogP contribution in [0.5, 0.6) is 0 Å². The summed E-state index contributed by atoms with van der Waals surface area (Å²) < 4.78 is 5.43. The second kappa shape index (κ2) is 7.84. The van der Waals surface area contributed by atoms with Gasteiger partial charge in [-0.05, 0) is 44.9 Å². The number of hydrogen-bond acceptors (Lipinski definition) is 5. The lowest BCUT2D eigenvalue weighted by molar-refractivity contribution is 0.0746. The molecule has 0 bridgehead atoms. The largest absolute Gasteiger partial charge is 0.379 e. The minimum Gasteiger partial charge on any atom is -0.379 e. The number of thioether (sulfide) groups is 1. The summed E-state index contributed by atoms with van der Waals surface area (Å²) in [4.78, 5) is 16.8. The number of nitrogens with two attached hydrogens (primary N) is 1. The molecule has 0 spiro atoms. The first kappa shape index (κ1) is 17.8. The molecule has 126 valence electrons. The van der Waals surface area contributed by atoms with Gasteiger partial charge in [0, 0.05) is 17.9 Å². The third kappa shape index (κ3) is 4.97. The third-order valence-corrected chi connectivity index (χ3v) is 4.58. The Hall–Kier alpha value is -1.53. The van der Waals surface area contributed by atoms with E-state index in [-0.39, 0.29) is 17.6 Å². The van der Waals surface area contributed by atoms with Crippen LogP contribution in [0.1, 0.15) is 43.1 Å². The summed E-state index contributed by atoms with van der Waals surface area (Å²) in [5.41, 5.74) is 7.18. The number of carbonyl (C=O) groups excluding carboxylic acids is 1. The average molecular weight is 335 g/mol. The normalized spacial score (nSPS) is 21.1. The smallest absolute Gasteiger partial charge is 0.251 e. The van der Waals surface area contributed by atoms with E-state index in [0.29, 0.717) is 23.9 Å². The summed E-state index contributed by atoms with van der Waals surface area (Å²) in [6, 6.07) is 7.63. The standard InChI is InChI=1S/C17H25N3O2S/c1-12(2)22-9-8-19-15(21)13-5-4-6-14(11-13)17(3)7-10-23-16(18)20-17/h4-6,11-12H,7-10H2,1-3H3,(H2,18,20)(H,19,21). The second-order valence-electron chi connectivity index (χ2n) is 6.08. The van der Waals surface area contributed by atoms with E-state index in [4.69, 9.17) is 10.5 Å². The van der Waals surface area contributed by atoms with E-state index in [1.54, 1.807) is 11.8 Å². The molecule has 0 aliphatic carbocycles. The monoisotopic (exact) mass is 335 g/mol. The van der Waals surface area contributed by atoms with E-state index < -0.39 is 0 Å². The van der Waals surface area contributed by atoms with Crippen molar-refractivity contribution in [2.45, 2.75) is 38.8 Å². The summed E-state index contributed by atoms with van der Waals surface area (Å²) in [5.74, 6) is 0.847. The van der Waals surface area contributed by atoms with Crippen LogP contribution in [0.4, 0.5) is 0 Å². The van der Waals surface area contributed by atoms with Crippen molar-refractivity contribution < 1.29 is 9.53 Å². The zero-order valence-corrected chi connectivity index (χ0v) is 14.8. The van der Waals surface area contributed by atoms with Crippen LogP contribution < -0.4 is 11.1 Å². The molecule has 5 nitrogen and oxygen atoms in total. The van der Waals surface area contributed by atoms with Crippen LogP contribution in [0.15, 0.2) is 29.3 Å². The lowest BCUT2D eigenvalue weighted by Gasteiger charge is -2.30. The number of aliphatic imine (C=N–C) groups is 1. The van der Waals surface area contributed by atoms with Gasteiger partial charge in [-0.2, -0.15) is 0 Å². The quantitative estimate of drug-likeness (QED) is 0.783. The highest BCUT2D eigenvalue weighted by molar-refractivity contribution is 8.13. The molecule has 1 unspecified atom stereocenters. The Balaban J connectivity index is 2.05. The number of nitrogens with zero attached hydrogens (tertiary/aromatic N) is 1. The second-order valence-corrected chi connectivity index (χ2v) is 7.19. The lowest BCUT2D eigenvalue weighted by Crippen LogP contribution is -2.30. The molecule has 1 atom stereocenters. The highest BCUT2D eigenvalue weighted by atomic mass is 32.2. The first-order chi connectivity index (χ1) is 10.9. The van der Waals surface area contributed by atoms with E-state index in [2.05, 4.69) is 17.2 Å². The van der Waals surface area contributed by atoms with E-state index >= 15 is 0 Å². The molecule has 0 saturated heterocycles. The Kier molecular flexibility index (Phi) is 6.07. The van der Waals surface area contributed by atoms with Crippen LogP contribution >= 0.6 is 11.8 Å². The minimum absolute atomic E-state index is 0.0926. The molecule has 23 heavy (non-hydrogen) atoms. The molecule has 0 aromatic heterocycles. The van der Waals surface area contributed by atoms with Crippen molar-refractivity contribution in [1.82, 2.24) is 5.32 Å². The number of nitrogens with one attached hydrogen (secondary N) is 1. The van der Waals surface area contributed by atoms with Crippen LogP contribution in [-0.4, -0.2) is 36.1 Å². The summed E-state index contributed by atoms with van der Waals surface area (Å²) in [7, 11) is 0. The van der Waals surface area contributed by atoms with Crippen molar-refractivity contribution in [1.29, 1.82) is 0 Å². The van der Waals surface area contributed by atoms with Gasteiger partial charge in [-0.1, -0.05) is 23.9 Å². The fraction of sp³-hybridized carbons (Fsp3) is 0.529. The first-order valence-corrected chi connectivity index (χ1v) is 8.88. The fourth-order valence-electron chi connectivity index (χ4n) is 2.45. The van der Waals surface area contributed by atoms with Crippen molar-refractivity contribution in [3.05, 3.63) is 35.4 Å². The first-order valence-electron chi connectivity index (χ1n) is 7.89. The van der Waals surface area contributed by atoms with Crippen molar-refractivity contribution in [3.8, 4) is 0 Å². The third-order valence-electron chi connectivity index (χ3n) is 3.78. The molecule has 1 aromatic rings. The highest BCUT2D eigenvalue weighted by Crippen LogP contribution is 2.35. The van der Waals surface area contributed by atoms with Gasteiger partial charge in [0.1, 0.15) is 0 Å². The van der Waals surface area contributed by atoms with E-state index in [1.165, 1.54) is 0 Å². The van der Waals surface area contributed by atoms with Crippen LogP contribution in [0, 0.1) is 0 Å². The number of amides is 1. The van der Waals surface area contributed by atoms with E-state index in [9.17, 15) is 4.79 Å². The van der Waals surface area contributed by atoms with Crippen molar-refractivity contribution in [2.24, 2.45) is 10.7 Å². The molecule has 1 aliphatic rings. The van der Waals surface area contributed by atoms with Gasteiger partial charge in [-0.25, -0.2) is 0 Å². The predicted octanol–water partition coefficient (Wildman–Crippen LogP) is 2.51. The Bertz CT molecular complexity index is 589. The summed E-state index contributed by atoms with van der Waals surface area (Å²) in [6.45, 7) is 7.02. The Morgan fingerprint density at radius 2 is 2.30 bits per heavy atom. The van der Waals surface area contributed by atoms with Gasteiger partial charge in [0.05, 0.1) is 18.2 Å². The molecule has 0 fully saturated rings. The van der Waals surface area contributed by atoms with Gasteiger partial charge in [0.2, 0.25) is 0 Å². The minimum atomic E-state index is -0.355. The van der Waals surface area contributed by atoms with Crippen LogP contribution in [0.25, 0.3) is 0 Å². The molecule has 0 saturated carbocycles. The maximum absolute atomic E-state index is 12.3. The topological polar surface area (TPSA) is 76.7 Å². The van der Waals surface area contributed by atoms with Crippen molar-refractivity contribution >= 4 is 22.8 Å². The number of benzene rings is 1. The Labute approximate surface area is 142 Å². The number of ether oxygens (including phenoxy) is 1. The molecule has 2 rings (SSSR count). The van der Waals surface area contributed by atoms with Gasteiger partial charge in [0.25, 0.3) is 5.91 Å². The highest BCUT2D eigenvalue weighted by Gasteiger charge is 2.29. The van der Waals surface area contributed by atoms with E-state index in [1.807, 2.05) is 38.1 Å². The average Bonchev–Trinajstić information content (AvgIpc) is 2.51. The molecule has 1 amide bonds. The van der Waals surface area contributed by atoms with Gasteiger partial charge in [-0.15, -0.1) is 0 Å². The van der Waals surface area contributed by atoms with Gasteiger partial charge in [0.15, 0.2) is 5.17 Å². The molecular weight excluding hydrogens is 310 g/mol. The van der Waals surface area contributed by atoms with Crippen molar-refractivity contribution in [2.75, 3.05) is 18.9 Å². The van der Waals surface area contributed by atoms with E-state index in [0.717, 1.165) is 17.7 Å². The summed E-state index contributed by atoms with van der Waals surface area (Å²) in [6.07, 6.45) is 1.08.